The van der Waals surface area contributed by atoms with Crippen LogP contribution in [0.5, 0.6) is 11.5 Å². The highest BCUT2D eigenvalue weighted by molar-refractivity contribution is 5.92. The topological polar surface area (TPSA) is 110 Å². The Morgan fingerprint density at radius 3 is 2.50 bits per heavy atom. The third-order valence-electron chi connectivity index (χ3n) is 4.99. The van der Waals surface area contributed by atoms with Gasteiger partial charge in [0.15, 0.2) is 23.5 Å². The maximum Gasteiger partial charge on any atom is 0.273 e. The van der Waals surface area contributed by atoms with E-state index in [1.807, 2.05) is 51.1 Å². The molecule has 2 aromatic heterocycles. The molecule has 0 spiro atoms. The third-order valence-corrected chi connectivity index (χ3v) is 4.99. The van der Waals surface area contributed by atoms with Gasteiger partial charge in [0.2, 0.25) is 0 Å². The zero-order valence-electron chi connectivity index (χ0n) is 19.9. The second-order valence-corrected chi connectivity index (χ2v) is 7.42. The predicted octanol–water partition coefficient (Wildman–Crippen LogP) is 3.15. The Balaban J connectivity index is 1.60. The molecule has 1 aromatic carbocycles. The number of aromatic nitrogens is 4. The van der Waals surface area contributed by atoms with E-state index in [1.165, 1.54) is 4.68 Å². The van der Waals surface area contributed by atoms with Gasteiger partial charge < -0.3 is 24.3 Å². The Hall–Kier alpha value is -3.50. The van der Waals surface area contributed by atoms with Crippen LogP contribution in [0, 0.1) is 0 Å². The van der Waals surface area contributed by atoms with Crippen LogP contribution in [0.15, 0.2) is 48.9 Å². The lowest BCUT2D eigenvalue weighted by atomic mass is 10.1. The molecule has 10 nitrogen and oxygen atoms in total. The average molecular weight is 470 g/mol. The summed E-state index contributed by atoms with van der Waals surface area (Å²) < 4.78 is 23.9. The number of methoxy groups -OCH3 is 1. The first-order chi connectivity index (χ1) is 16.5. The highest BCUT2D eigenvalue weighted by atomic mass is 16.7. The van der Waals surface area contributed by atoms with Crippen molar-refractivity contribution in [3.63, 3.8) is 0 Å². The third kappa shape index (κ3) is 7.00. The minimum absolute atomic E-state index is 0.211. The normalized spacial score (nSPS) is 11.9. The van der Waals surface area contributed by atoms with Gasteiger partial charge in [-0.2, -0.15) is 0 Å². The van der Waals surface area contributed by atoms with Gasteiger partial charge in [0.1, 0.15) is 6.61 Å². The van der Waals surface area contributed by atoms with Crippen molar-refractivity contribution >= 4 is 5.91 Å². The van der Waals surface area contributed by atoms with Crippen molar-refractivity contribution in [1.82, 2.24) is 25.3 Å². The van der Waals surface area contributed by atoms with Crippen molar-refractivity contribution in [3.05, 3.63) is 65.7 Å². The number of rotatable bonds is 13. The van der Waals surface area contributed by atoms with E-state index in [4.69, 9.17) is 18.9 Å². The molecular formula is C24H31N5O5. The maximum atomic E-state index is 12.7. The van der Waals surface area contributed by atoms with Gasteiger partial charge in [-0.15, -0.1) is 5.10 Å². The number of benzene rings is 1. The van der Waals surface area contributed by atoms with E-state index in [0.717, 1.165) is 11.1 Å². The molecule has 182 valence electrons. The molecule has 2 heterocycles. The molecule has 3 rings (SSSR count). The van der Waals surface area contributed by atoms with E-state index in [2.05, 4.69) is 20.6 Å². The molecule has 10 heteroatoms. The van der Waals surface area contributed by atoms with E-state index < -0.39 is 6.29 Å². The summed E-state index contributed by atoms with van der Waals surface area (Å²) in [7, 11) is 1.58. The van der Waals surface area contributed by atoms with Crippen LogP contribution in [0.25, 0.3) is 0 Å². The van der Waals surface area contributed by atoms with Crippen molar-refractivity contribution in [2.45, 2.75) is 46.3 Å². The van der Waals surface area contributed by atoms with Crippen molar-refractivity contribution in [2.24, 2.45) is 0 Å². The first kappa shape index (κ1) is 25.1. The Morgan fingerprint density at radius 1 is 1.09 bits per heavy atom. The highest BCUT2D eigenvalue weighted by Gasteiger charge is 2.18. The number of carbonyl (C=O) groups excluding carboxylic acids is 1. The van der Waals surface area contributed by atoms with Gasteiger partial charge in [0.25, 0.3) is 5.91 Å². The standard InChI is InChI=1S/C24H31N5O5/c1-5-32-23(33-6-2)15-29-14-20(27-28-29)24(30)26-17(3)19-7-8-21(22(13-19)31-4)34-16-18-9-11-25-12-10-18/h7-14,17,23H,5-6,15-16H2,1-4H3,(H,26,30). The average Bonchev–Trinajstić information content (AvgIpc) is 3.32. The molecule has 0 aliphatic carbocycles. The smallest absolute Gasteiger partial charge is 0.273 e. The van der Waals surface area contributed by atoms with Gasteiger partial charge in [-0.3, -0.25) is 9.78 Å². The summed E-state index contributed by atoms with van der Waals surface area (Å²) in [5.41, 5.74) is 2.08. The fourth-order valence-corrected chi connectivity index (χ4v) is 3.24. The van der Waals surface area contributed by atoms with Crippen LogP contribution < -0.4 is 14.8 Å². The van der Waals surface area contributed by atoms with Crippen LogP contribution in [-0.4, -0.2) is 52.5 Å². The summed E-state index contributed by atoms with van der Waals surface area (Å²) in [6, 6.07) is 9.06. The minimum Gasteiger partial charge on any atom is -0.493 e. The Kier molecular flexibility index (Phi) is 9.36. The van der Waals surface area contributed by atoms with E-state index >= 15 is 0 Å². The molecule has 3 aromatic rings. The highest BCUT2D eigenvalue weighted by Crippen LogP contribution is 2.31. The predicted molar refractivity (Wildman–Crippen MR) is 125 cm³/mol. The summed E-state index contributed by atoms with van der Waals surface area (Å²) in [6.07, 6.45) is 4.57. The number of hydrogen-bond acceptors (Lipinski definition) is 8. The second kappa shape index (κ2) is 12.7. The zero-order valence-corrected chi connectivity index (χ0v) is 19.9. The Morgan fingerprint density at radius 2 is 1.82 bits per heavy atom. The van der Waals surface area contributed by atoms with Gasteiger partial charge in [-0.05, 0) is 56.2 Å². The van der Waals surface area contributed by atoms with E-state index in [1.54, 1.807) is 25.7 Å². The first-order valence-corrected chi connectivity index (χ1v) is 11.2. The number of amides is 1. The molecule has 0 radical (unpaired) electrons. The lowest BCUT2D eigenvalue weighted by molar-refractivity contribution is -0.145. The Labute approximate surface area is 199 Å². The molecule has 0 fully saturated rings. The van der Waals surface area contributed by atoms with Crippen LogP contribution in [-0.2, 0) is 22.6 Å². The molecule has 0 aliphatic rings. The molecule has 1 N–H and O–H groups in total. The fourth-order valence-electron chi connectivity index (χ4n) is 3.24. The van der Waals surface area contributed by atoms with E-state index in [-0.39, 0.29) is 17.6 Å². The number of nitrogens with one attached hydrogen (secondary N) is 1. The van der Waals surface area contributed by atoms with Crippen molar-refractivity contribution in [3.8, 4) is 11.5 Å². The summed E-state index contributed by atoms with van der Waals surface area (Å²) >= 11 is 0. The number of nitrogens with zero attached hydrogens (tertiary/aromatic N) is 4. The van der Waals surface area contributed by atoms with Gasteiger partial charge in [-0.1, -0.05) is 11.3 Å². The number of ether oxygens (including phenoxy) is 4. The molecular weight excluding hydrogens is 438 g/mol. The number of hydrogen-bond donors (Lipinski definition) is 1. The maximum absolute atomic E-state index is 12.7. The first-order valence-electron chi connectivity index (χ1n) is 11.2. The number of carbonyl (C=O) groups is 1. The van der Waals surface area contributed by atoms with Crippen LogP contribution in [0.1, 0.15) is 48.4 Å². The second-order valence-electron chi connectivity index (χ2n) is 7.42. The van der Waals surface area contributed by atoms with Crippen molar-refractivity contribution < 1.29 is 23.7 Å². The molecule has 1 unspecified atom stereocenters. The molecule has 0 saturated heterocycles. The monoisotopic (exact) mass is 469 g/mol. The lowest BCUT2D eigenvalue weighted by Crippen LogP contribution is -2.27. The van der Waals surface area contributed by atoms with Crippen LogP contribution in [0.4, 0.5) is 0 Å². The van der Waals surface area contributed by atoms with Crippen LogP contribution in [0.3, 0.4) is 0 Å². The van der Waals surface area contributed by atoms with Gasteiger partial charge in [-0.25, -0.2) is 4.68 Å². The van der Waals surface area contributed by atoms with Crippen LogP contribution >= 0.6 is 0 Å². The quantitative estimate of drug-likeness (QED) is 0.380. The Bertz CT molecular complexity index is 1040. The summed E-state index contributed by atoms with van der Waals surface area (Å²) in [6.45, 7) is 7.44. The zero-order chi connectivity index (χ0) is 24.3. The van der Waals surface area contributed by atoms with E-state index in [0.29, 0.717) is 37.9 Å². The van der Waals surface area contributed by atoms with E-state index in [9.17, 15) is 4.79 Å². The molecule has 0 saturated carbocycles. The molecule has 0 bridgehead atoms. The molecule has 1 atom stereocenters. The largest absolute Gasteiger partial charge is 0.493 e. The molecule has 34 heavy (non-hydrogen) atoms. The lowest BCUT2D eigenvalue weighted by Gasteiger charge is -2.17. The summed E-state index contributed by atoms with van der Waals surface area (Å²) in [4.78, 5) is 16.7. The van der Waals surface area contributed by atoms with Crippen LogP contribution in [0.2, 0.25) is 0 Å². The van der Waals surface area contributed by atoms with Crippen molar-refractivity contribution in [2.75, 3.05) is 20.3 Å². The fraction of sp³-hybridized carbons (Fsp3) is 0.417. The van der Waals surface area contributed by atoms with Gasteiger partial charge in [0, 0.05) is 25.6 Å². The number of pyridine rings is 1. The minimum atomic E-state index is -0.446. The van der Waals surface area contributed by atoms with Gasteiger partial charge >= 0.3 is 0 Å². The SMILES string of the molecule is CCOC(Cn1cc(C(=O)NC(C)c2ccc(OCc3ccncc3)c(OC)c2)nn1)OCC. The van der Waals surface area contributed by atoms with Crippen molar-refractivity contribution in [1.29, 1.82) is 0 Å². The summed E-state index contributed by atoms with van der Waals surface area (Å²) in [5, 5.41) is 10.9. The molecule has 0 aliphatic heterocycles. The van der Waals surface area contributed by atoms with Gasteiger partial charge in [0.05, 0.1) is 25.9 Å². The summed E-state index contributed by atoms with van der Waals surface area (Å²) in [5.74, 6) is 0.860. The molecule has 1 amide bonds.